The molecule has 2 aromatic carbocycles. The molecule has 2 heterocycles. The zero-order chi connectivity index (χ0) is 26.7. The van der Waals surface area contributed by atoms with Gasteiger partial charge >= 0.3 is 5.69 Å². The van der Waals surface area contributed by atoms with Gasteiger partial charge in [0, 0.05) is 22.3 Å². The van der Waals surface area contributed by atoms with E-state index >= 15 is 0 Å². The van der Waals surface area contributed by atoms with Crippen LogP contribution in [-0.4, -0.2) is 38.1 Å². The normalized spacial score (nSPS) is 12.3. The van der Waals surface area contributed by atoms with Gasteiger partial charge in [0.2, 0.25) is 0 Å². The van der Waals surface area contributed by atoms with Crippen LogP contribution in [0.15, 0.2) is 74.4 Å². The van der Waals surface area contributed by atoms with Gasteiger partial charge in [-0.25, -0.2) is 4.79 Å². The predicted molar refractivity (Wildman–Crippen MR) is 154 cm³/mol. The third-order valence-electron chi connectivity index (χ3n) is 6.44. The van der Waals surface area contributed by atoms with E-state index in [1.54, 1.807) is 4.57 Å². The molecule has 0 aliphatic heterocycles. The molecule has 4 aromatic rings. The van der Waals surface area contributed by atoms with Crippen LogP contribution in [0.3, 0.4) is 0 Å². The maximum Gasteiger partial charge on any atom is 0.349 e. The number of nitrogens with two attached hydrogens (primary N) is 1. The molecule has 7 nitrogen and oxygen atoms in total. The van der Waals surface area contributed by atoms with Crippen LogP contribution in [0.25, 0.3) is 5.52 Å². The number of rotatable bonds is 9. The molecule has 0 radical (unpaired) electrons. The Morgan fingerprint density at radius 2 is 1.76 bits per heavy atom. The summed E-state index contributed by atoms with van der Waals surface area (Å²) < 4.78 is 4.86. The summed E-state index contributed by atoms with van der Waals surface area (Å²) in [6.07, 6.45) is 0.645. The van der Waals surface area contributed by atoms with Crippen molar-refractivity contribution < 1.29 is 4.79 Å². The molecule has 1 unspecified atom stereocenters. The first-order valence-corrected chi connectivity index (χ1v) is 13.9. The van der Waals surface area contributed by atoms with E-state index < -0.39 is 0 Å². The lowest BCUT2D eigenvalue weighted by molar-refractivity contribution is 0.0609. The molecule has 9 heteroatoms. The van der Waals surface area contributed by atoms with Crippen molar-refractivity contribution in [2.45, 2.75) is 39.8 Å². The van der Waals surface area contributed by atoms with Crippen molar-refractivity contribution >= 4 is 43.3 Å². The highest BCUT2D eigenvalue weighted by atomic mass is 79.9. The SMILES string of the molecule is Cc1nn2c(=O)n(Cc3ccccc3)c(C(C(C)C)N(CCCN)C(=O)c3ccc(Br)cc3)cc2c1Br. The number of fused-ring (bicyclic) bond motifs is 1. The molecule has 0 saturated heterocycles. The molecule has 4 rings (SSSR count). The number of nitrogens with zero attached hydrogens (tertiary/aromatic N) is 4. The average Bonchev–Trinajstić information content (AvgIpc) is 3.17. The number of carbonyl (C=O) groups excluding carboxylic acids is 1. The van der Waals surface area contributed by atoms with Gasteiger partial charge in [-0.2, -0.15) is 9.61 Å². The van der Waals surface area contributed by atoms with Gasteiger partial charge in [-0.1, -0.05) is 60.1 Å². The predicted octanol–water partition coefficient (Wildman–Crippen LogP) is 5.57. The van der Waals surface area contributed by atoms with E-state index in [-0.39, 0.29) is 23.6 Å². The molecular formula is C28H31Br2N5O2. The van der Waals surface area contributed by atoms with Crippen molar-refractivity contribution in [3.63, 3.8) is 0 Å². The summed E-state index contributed by atoms with van der Waals surface area (Å²) in [5.74, 6) is -0.0779. The van der Waals surface area contributed by atoms with Crippen LogP contribution >= 0.6 is 31.9 Å². The van der Waals surface area contributed by atoms with E-state index in [4.69, 9.17) is 5.73 Å². The molecule has 1 atom stereocenters. The summed E-state index contributed by atoms with van der Waals surface area (Å²) in [6.45, 7) is 7.31. The standard InChI is InChI=1S/C28H31Br2N5O2/c1-18(2)26(33(15-7-14-31)27(36)21-10-12-22(29)13-11-21)24-16-23-25(30)19(3)32-35(23)28(37)34(24)17-20-8-5-4-6-9-20/h4-6,8-13,16,18,26H,7,14-15,17,31H2,1-3H3. The smallest absolute Gasteiger partial charge is 0.330 e. The Labute approximate surface area is 233 Å². The summed E-state index contributed by atoms with van der Waals surface area (Å²) in [7, 11) is 0. The molecule has 1 amide bonds. The molecule has 2 aromatic heterocycles. The van der Waals surface area contributed by atoms with Gasteiger partial charge < -0.3 is 10.6 Å². The van der Waals surface area contributed by atoms with E-state index in [9.17, 15) is 9.59 Å². The lowest BCUT2D eigenvalue weighted by atomic mass is 9.96. The maximum atomic E-state index is 13.9. The van der Waals surface area contributed by atoms with E-state index in [0.717, 1.165) is 25.9 Å². The molecule has 0 aliphatic rings. The second-order valence-corrected chi connectivity index (χ2v) is 11.2. The number of benzene rings is 2. The molecule has 2 N–H and O–H groups in total. The fraction of sp³-hybridized carbons (Fsp3) is 0.321. The van der Waals surface area contributed by atoms with Gasteiger partial charge in [0.15, 0.2) is 0 Å². The van der Waals surface area contributed by atoms with Gasteiger partial charge in [-0.05, 0) is 77.6 Å². The second kappa shape index (κ2) is 11.8. The molecule has 0 fully saturated rings. The Balaban J connectivity index is 1.94. The largest absolute Gasteiger partial charge is 0.349 e. The van der Waals surface area contributed by atoms with E-state index in [1.807, 2.05) is 72.5 Å². The van der Waals surface area contributed by atoms with Crippen LogP contribution in [0.5, 0.6) is 0 Å². The summed E-state index contributed by atoms with van der Waals surface area (Å²) in [6, 6.07) is 18.8. The number of hydrogen-bond donors (Lipinski definition) is 1. The van der Waals surface area contributed by atoms with E-state index in [2.05, 4.69) is 50.8 Å². The van der Waals surface area contributed by atoms with Crippen LogP contribution in [0.4, 0.5) is 0 Å². The van der Waals surface area contributed by atoms with Crippen molar-refractivity contribution in [3.8, 4) is 0 Å². The second-order valence-electron chi connectivity index (χ2n) is 9.46. The van der Waals surface area contributed by atoms with E-state index in [1.165, 1.54) is 4.52 Å². The molecule has 194 valence electrons. The summed E-state index contributed by atoms with van der Waals surface area (Å²) in [5, 5.41) is 4.48. The first-order valence-electron chi connectivity index (χ1n) is 12.3. The minimum absolute atomic E-state index is 0.0174. The number of halogens is 2. The number of amides is 1. The minimum atomic E-state index is -0.369. The fourth-order valence-electron chi connectivity index (χ4n) is 4.66. The van der Waals surface area contributed by atoms with Crippen LogP contribution in [-0.2, 0) is 6.54 Å². The first kappa shape index (κ1) is 27.3. The van der Waals surface area contributed by atoms with Crippen molar-refractivity contribution in [3.05, 3.63) is 103 Å². The molecule has 37 heavy (non-hydrogen) atoms. The molecule has 0 aliphatic carbocycles. The zero-order valence-electron chi connectivity index (χ0n) is 21.2. The van der Waals surface area contributed by atoms with Crippen molar-refractivity contribution in [2.24, 2.45) is 11.7 Å². The van der Waals surface area contributed by atoms with Gasteiger partial charge in [-0.3, -0.25) is 9.36 Å². The average molecular weight is 629 g/mol. The molecule has 0 spiro atoms. The number of aromatic nitrogens is 3. The van der Waals surface area contributed by atoms with Crippen LogP contribution in [0.1, 0.15) is 53.6 Å². The highest BCUT2D eigenvalue weighted by molar-refractivity contribution is 9.11. The topological polar surface area (TPSA) is 85.6 Å². The fourth-order valence-corrected chi connectivity index (χ4v) is 5.28. The van der Waals surface area contributed by atoms with Crippen molar-refractivity contribution in [1.82, 2.24) is 19.1 Å². The van der Waals surface area contributed by atoms with Gasteiger partial charge in [-0.15, -0.1) is 0 Å². The molecule has 0 bridgehead atoms. The Bertz CT molecular complexity index is 1450. The lowest BCUT2D eigenvalue weighted by Crippen LogP contribution is -2.42. The molecule has 0 saturated carbocycles. The Kier molecular flexibility index (Phi) is 8.67. The van der Waals surface area contributed by atoms with Crippen molar-refractivity contribution in [1.29, 1.82) is 0 Å². The van der Waals surface area contributed by atoms with Gasteiger partial charge in [0.25, 0.3) is 5.91 Å². The number of carbonyl (C=O) groups is 1. The Morgan fingerprint density at radius 3 is 2.38 bits per heavy atom. The summed E-state index contributed by atoms with van der Waals surface area (Å²) in [5.41, 5.74) is 9.39. The third kappa shape index (κ3) is 5.73. The first-order chi connectivity index (χ1) is 17.7. The van der Waals surface area contributed by atoms with E-state index in [0.29, 0.717) is 37.1 Å². The Morgan fingerprint density at radius 1 is 1.08 bits per heavy atom. The van der Waals surface area contributed by atoms with Crippen LogP contribution in [0, 0.1) is 12.8 Å². The van der Waals surface area contributed by atoms with Crippen molar-refractivity contribution in [2.75, 3.05) is 13.1 Å². The van der Waals surface area contributed by atoms with Crippen LogP contribution < -0.4 is 11.4 Å². The monoisotopic (exact) mass is 627 g/mol. The highest BCUT2D eigenvalue weighted by Crippen LogP contribution is 2.33. The molecular weight excluding hydrogens is 598 g/mol. The van der Waals surface area contributed by atoms with Gasteiger partial charge in [0.05, 0.1) is 28.3 Å². The number of hydrogen-bond acceptors (Lipinski definition) is 4. The quantitative estimate of drug-likeness (QED) is 0.263. The Hall–Kier alpha value is -2.75. The third-order valence-corrected chi connectivity index (χ3v) is 7.95. The summed E-state index contributed by atoms with van der Waals surface area (Å²) >= 11 is 7.07. The van der Waals surface area contributed by atoms with Crippen LogP contribution in [0.2, 0.25) is 0 Å². The number of aryl methyl sites for hydroxylation is 1. The zero-order valence-corrected chi connectivity index (χ0v) is 24.4. The lowest BCUT2D eigenvalue weighted by Gasteiger charge is -2.36. The summed E-state index contributed by atoms with van der Waals surface area (Å²) in [4.78, 5) is 29.7. The maximum absolute atomic E-state index is 13.9. The van der Waals surface area contributed by atoms with Gasteiger partial charge in [0.1, 0.15) is 0 Å². The minimum Gasteiger partial charge on any atom is -0.330 e. The highest BCUT2D eigenvalue weighted by Gasteiger charge is 2.32.